The van der Waals surface area contributed by atoms with Crippen LogP contribution in [0.25, 0.3) is 0 Å². The number of rotatable bonds is 5. The van der Waals surface area contributed by atoms with Crippen LogP contribution in [-0.2, 0) is 4.74 Å². The van der Waals surface area contributed by atoms with E-state index in [1.807, 2.05) is 0 Å². The number of hydrogen-bond donors (Lipinski definition) is 1. The first-order chi connectivity index (χ1) is 7.48. The van der Waals surface area contributed by atoms with E-state index in [1.54, 1.807) is 7.11 Å². The molecule has 2 atom stereocenters. The lowest BCUT2D eigenvalue weighted by atomic mass is 9.93. The van der Waals surface area contributed by atoms with Crippen molar-refractivity contribution in [2.75, 3.05) is 33.3 Å². The molecule has 3 heteroatoms. The highest BCUT2D eigenvalue weighted by molar-refractivity contribution is 4.84. The van der Waals surface area contributed by atoms with Crippen LogP contribution in [0.1, 0.15) is 34.1 Å². The van der Waals surface area contributed by atoms with Crippen molar-refractivity contribution < 1.29 is 4.74 Å². The molecular formula is C13H28N2O. The lowest BCUT2D eigenvalue weighted by Gasteiger charge is -2.38. The largest absolute Gasteiger partial charge is 0.377 e. The van der Waals surface area contributed by atoms with E-state index < -0.39 is 0 Å². The number of nitrogens with zero attached hydrogens (tertiary/aromatic N) is 1. The van der Waals surface area contributed by atoms with Gasteiger partial charge in [0.25, 0.3) is 0 Å². The minimum atomic E-state index is -0.0540. The molecule has 0 aromatic heterocycles. The van der Waals surface area contributed by atoms with E-state index >= 15 is 0 Å². The number of piperidine rings is 1. The maximum Gasteiger partial charge on any atom is 0.0746 e. The SMILES string of the molecule is CCN1CCC(NCC(C)(C)OC)C(C)C1. The van der Waals surface area contributed by atoms with Gasteiger partial charge in [0.2, 0.25) is 0 Å². The Bertz CT molecular complexity index is 206. The number of methoxy groups -OCH3 is 1. The first-order valence-corrected chi connectivity index (χ1v) is 6.49. The monoisotopic (exact) mass is 228 g/mol. The second-order valence-electron chi connectivity index (χ2n) is 5.61. The van der Waals surface area contributed by atoms with Gasteiger partial charge in [0.15, 0.2) is 0 Å². The first kappa shape index (κ1) is 13.9. The second kappa shape index (κ2) is 5.99. The van der Waals surface area contributed by atoms with Crippen LogP contribution in [0.15, 0.2) is 0 Å². The fourth-order valence-electron chi connectivity index (χ4n) is 2.27. The van der Waals surface area contributed by atoms with Crippen molar-refractivity contribution >= 4 is 0 Å². The average molecular weight is 228 g/mol. The third kappa shape index (κ3) is 4.04. The number of ether oxygens (including phenoxy) is 1. The van der Waals surface area contributed by atoms with E-state index in [-0.39, 0.29) is 5.60 Å². The van der Waals surface area contributed by atoms with Crippen LogP contribution in [0, 0.1) is 5.92 Å². The minimum absolute atomic E-state index is 0.0540. The highest BCUT2D eigenvalue weighted by atomic mass is 16.5. The molecular weight excluding hydrogens is 200 g/mol. The van der Waals surface area contributed by atoms with Crippen LogP contribution in [0.4, 0.5) is 0 Å². The molecule has 1 rings (SSSR count). The van der Waals surface area contributed by atoms with Gasteiger partial charge in [-0.05, 0) is 39.3 Å². The van der Waals surface area contributed by atoms with E-state index in [4.69, 9.17) is 4.74 Å². The molecule has 0 aromatic carbocycles. The van der Waals surface area contributed by atoms with Crippen molar-refractivity contribution in [2.45, 2.75) is 45.8 Å². The molecule has 1 fully saturated rings. The second-order valence-corrected chi connectivity index (χ2v) is 5.61. The summed E-state index contributed by atoms with van der Waals surface area (Å²) in [5.74, 6) is 0.737. The standard InChI is InChI=1S/C13H28N2O/c1-6-15-8-7-12(11(2)9-15)14-10-13(3,4)16-5/h11-12,14H,6-10H2,1-5H3. The van der Waals surface area contributed by atoms with Crippen LogP contribution in [0.2, 0.25) is 0 Å². The van der Waals surface area contributed by atoms with Crippen molar-refractivity contribution in [3.63, 3.8) is 0 Å². The van der Waals surface area contributed by atoms with E-state index in [0.29, 0.717) is 6.04 Å². The van der Waals surface area contributed by atoms with Crippen molar-refractivity contribution in [1.29, 1.82) is 0 Å². The lowest BCUT2D eigenvalue weighted by Crippen LogP contribution is -2.51. The van der Waals surface area contributed by atoms with E-state index in [2.05, 4.69) is 37.9 Å². The van der Waals surface area contributed by atoms with Crippen LogP contribution >= 0.6 is 0 Å². The molecule has 0 radical (unpaired) electrons. The summed E-state index contributed by atoms with van der Waals surface area (Å²) >= 11 is 0. The molecule has 0 aliphatic carbocycles. The maximum atomic E-state index is 5.43. The van der Waals surface area contributed by atoms with Crippen LogP contribution in [0.5, 0.6) is 0 Å². The van der Waals surface area contributed by atoms with Gasteiger partial charge >= 0.3 is 0 Å². The van der Waals surface area contributed by atoms with Gasteiger partial charge in [0.1, 0.15) is 0 Å². The Balaban J connectivity index is 2.33. The summed E-state index contributed by atoms with van der Waals surface area (Å²) in [7, 11) is 1.78. The number of hydrogen-bond acceptors (Lipinski definition) is 3. The Hall–Kier alpha value is -0.120. The molecule has 0 saturated carbocycles. The Morgan fingerprint density at radius 2 is 2.12 bits per heavy atom. The van der Waals surface area contributed by atoms with Gasteiger partial charge in [-0.25, -0.2) is 0 Å². The van der Waals surface area contributed by atoms with Gasteiger partial charge in [0.05, 0.1) is 5.60 Å². The predicted octanol–water partition coefficient (Wildman–Crippen LogP) is 1.73. The van der Waals surface area contributed by atoms with Gasteiger partial charge < -0.3 is 15.0 Å². The van der Waals surface area contributed by atoms with Gasteiger partial charge in [-0.2, -0.15) is 0 Å². The summed E-state index contributed by atoms with van der Waals surface area (Å²) in [6.07, 6.45) is 1.26. The lowest BCUT2D eigenvalue weighted by molar-refractivity contribution is 0.0163. The molecule has 0 aromatic rings. The molecule has 96 valence electrons. The first-order valence-electron chi connectivity index (χ1n) is 6.49. The summed E-state index contributed by atoms with van der Waals surface area (Å²) in [6.45, 7) is 13.4. The summed E-state index contributed by atoms with van der Waals surface area (Å²) < 4.78 is 5.43. The highest BCUT2D eigenvalue weighted by Gasteiger charge is 2.26. The summed E-state index contributed by atoms with van der Waals surface area (Å²) in [4.78, 5) is 2.53. The zero-order valence-electron chi connectivity index (χ0n) is 11.5. The minimum Gasteiger partial charge on any atom is -0.377 e. The fraction of sp³-hybridized carbons (Fsp3) is 1.00. The Labute approximate surface area is 101 Å². The highest BCUT2D eigenvalue weighted by Crippen LogP contribution is 2.17. The van der Waals surface area contributed by atoms with Crippen molar-refractivity contribution in [3.05, 3.63) is 0 Å². The van der Waals surface area contributed by atoms with Crippen molar-refractivity contribution in [2.24, 2.45) is 5.92 Å². The molecule has 1 aliphatic heterocycles. The molecule has 1 aliphatic rings. The van der Waals surface area contributed by atoms with Crippen molar-refractivity contribution in [1.82, 2.24) is 10.2 Å². The van der Waals surface area contributed by atoms with Gasteiger partial charge in [-0.15, -0.1) is 0 Å². The van der Waals surface area contributed by atoms with Crippen LogP contribution < -0.4 is 5.32 Å². The number of likely N-dealkylation sites (tertiary alicyclic amines) is 1. The van der Waals surface area contributed by atoms with Gasteiger partial charge in [-0.3, -0.25) is 0 Å². The zero-order valence-corrected chi connectivity index (χ0v) is 11.5. The summed E-state index contributed by atoms with van der Waals surface area (Å²) in [6, 6.07) is 0.650. The molecule has 1 saturated heterocycles. The van der Waals surface area contributed by atoms with Gasteiger partial charge in [-0.1, -0.05) is 13.8 Å². The Morgan fingerprint density at radius 3 is 2.62 bits per heavy atom. The van der Waals surface area contributed by atoms with Crippen molar-refractivity contribution in [3.8, 4) is 0 Å². The summed E-state index contributed by atoms with van der Waals surface area (Å²) in [5, 5.41) is 3.66. The maximum absolute atomic E-state index is 5.43. The molecule has 16 heavy (non-hydrogen) atoms. The molecule has 1 heterocycles. The molecule has 0 spiro atoms. The van der Waals surface area contributed by atoms with Gasteiger partial charge in [0, 0.05) is 26.2 Å². The quantitative estimate of drug-likeness (QED) is 0.775. The third-order valence-electron chi connectivity index (χ3n) is 3.78. The molecule has 0 amide bonds. The molecule has 2 unspecified atom stereocenters. The van der Waals surface area contributed by atoms with Crippen LogP contribution in [-0.4, -0.2) is 49.8 Å². The smallest absolute Gasteiger partial charge is 0.0746 e. The van der Waals surface area contributed by atoms with E-state index in [0.717, 1.165) is 12.5 Å². The number of nitrogens with one attached hydrogen (secondary N) is 1. The topological polar surface area (TPSA) is 24.5 Å². The van der Waals surface area contributed by atoms with E-state index in [9.17, 15) is 0 Å². The fourth-order valence-corrected chi connectivity index (χ4v) is 2.27. The predicted molar refractivity (Wildman–Crippen MR) is 68.8 cm³/mol. The van der Waals surface area contributed by atoms with Crippen LogP contribution in [0.3, 0.4) is 0 Å². The Kier molecular flexibility index (Phi) is 5.22. The third-order valence-corrected chi connectivity index (χ3v) is 3.78. The normalized spacial score (nSPS) is 28.3. The molecule has 0 bridgehead atoms. The Morgan fingerprint density at radius 1 is 1.44 bits per heavy atom. The average Bonchev–Trinajstić information content (AvgIpc) is 2.27. The molecule has 3 nitrogen and oxygen atoms in total. The van der Waals surface area contributed by atoms with E-state index in [1.165, 1.54) is 26.1 Å². The zero-order chi connectivity index (χ0) is 12.2. The summed E-state index contributed by atoms with van der Waals surface area (Å²) in [5.41, 5.74) is -0.0540. The molecule has 1 N–H and O–H groups in total.